The first kappa shape index (κ1) is 21.6. The molecule has 1 aliphatic rings. The van der Waals surface area contributed by atoms with Crippen molar-refractivity contribution >= 4 is 17.3 Å². The molecule has 4 heteroatoms. The van der Waals surface area contributed by atoms with Crippen LogP contribution in [0.2, 0.25) is 0 Å². The van der Waals surface area contributed by atoms with E-state index in [2.05, 4.69) is 67.7 Å². The summed E-state index contributed by atoms with van der Waals surface area (Å²) in [6.45, 7) is 5.92. The number of nitrogens with zero attached hydrogens (tertiary/aromatic N) is 2. The molecule has 0 saturated carbocycles. The largest absolute Gasteiger partial charge is 0.378 e. The number of benzene rings is 3. The molecule has 0 aliphatic carbocycles. The monoisotopic (exact) mass is 423 g/mol. The number of amides is 1. The number of nitrogens with one attached hydrogen (secondary N) is 1. The molecule has 1 amide bonds. The second-order valence-corrected chi connectivity index (χ2v) is 8.58. The molecular weight excluding hydrogens is 394 g/mol. The van der Waals surface area contributed by atoms with Crippen LogP contribution >= 0.6 is 0 Å². The van der Waals surface area contributed by atoms with Gasteiger partial charge in [0, 0.05) is 24.3 Å². The van der Waals surface area contributed by atoms with Crippen molar-refractivity contribution in [1.82, 2.24) is 0 Å². The molecule has 4 nitrogen and oxygen atoms in total. The fraction of sp³-hybridized carbons (Fsp3) is 0.286. The Kier molecular flexibility index (Phi) is 6.28. The third-order valence-corrected chi connectivity index (χ3v) is 6.20. The Hall–Kier alpha value is -3.58. The summed E-state index contributed by atoms with van der Waals surface area (Å²) in [5.74, 6) is 0.0623. The van der Waals surface area contributed by atoms with Crippen LogP contribution in [0.5, 0.6) is 0 Å². The Morgan fingerprint density at radius 3 is 2.38 bits per heavy atom. The predicted octanol–water partition coefficient (Wildman–Crippen LogP) is 6.48. The molecule has 3 aromatic rings. The Morgan fingerprint density at radius 2 is 1.75 bits per heavy atom. The van der Waals surface area contributed by atoms with Crippen LogP contribution in [0, 0.1) is 11.3 Å². The van der Waals surface area contributed by atoms with Crippen molar-refractivity contribution in [1.29, 1.82) is 5.26 Å². The van der Waals surface area contributed by atoms with Crippen LogP contribution in [0.1, 0.15) is 56.3 Å². The molecule has 0 bridgehead atoms. The molecule has 2 atom stereocenters. The summed E-state index contributed by atoms with van der Waals surface area (Å²) in [5.41, 5.74) is 7.38. The minimum Gasteiger partial charge on any atom is -0.378 e. The zero-order chi connectivity index (χ0) is 22.7. The van der Waals surface area contributed by atoms with Gasteiger partial charge < -0.3 is 10.2 Å². The molecular formula is C28H29N3O. The first-order valence-corrected chi connectivity index (χ1v) is 11.3. The summed E-state index contributed by atoms with van der Waals surface area (Å²) in [5, 5.41) is 12.7. The first-order chi connectivity index (χ1) is 15.5. The fourth-order valence-electron chi connectivity index (χ4n) is 4.65. The molecule has 1 aliphatic heterocycles. The van der Waals surface area contributed by atoms with E-state index in [9.17, 15) is 4.79 Å². The predicted molar refractivity (Wildman–Crippen MR) is 131 cm³/mol. The van der Waals surface area contributed by atoms with Gasteiger partial charge in [-0.25, -0.2) is 0 Å². The van der Waals surface area contributed by atoms with Crippen molar-refractivity contribution in [2.75, 3.05) is 10.2 Å². The summed E-state index contributed by atoms with van der Waals surface area (Å²) in [6.07, 6.45) is 3.04. The molecule has 0 radical (unpaired) electrons. The highest BCUT2D eigenvalue weighted by molar-refractivity contribution is 5.94. The molecule has 162 valence electrons. The van der Waals surface area contributed by atoms with Crippen LogP contribution in [0.4, 0.5) is 11.4 Å². The summed E-state index contributed by atoms with van der Waals surface area (Å²) in [6, 6.07) is 25.0. The maximum Gasteiger partial charge on any atom is 0.224 e. The van der Waals surface area contributed by atoms with Crippen molar-refractivity contribution in [2.24, 2.45) is 0 Å². The summed E-state index contributed by atoms with van der Waals surface area (Å²) >= 11 is 0. The van der Waals surface area contributed by atoms with Gasteiger partial charge in [-0.1, -0.05) is 43.7 Å². The van der Waals surface area contributed by atoms with Gasteiger partial charge in [0.05, 0.1) is 17.7 Å². The van der Waals surface area contributed by atoms with E-state index < -0.39 is 0 Å². The van der Waals surface area contributed by atoms with Crippen LogP contribution in [0.3, 0.4) is 0 Å². The van der Waals surface area contributed by atoms with Crippen molar-refractivity contribution in [2.45, 2.75) is 52.1 Å². The number of fused-ring (bicyclic) bond motifs is 1. The number of aryl methyl sites for hydroxylation is 1. The van der Waals surface area contributed by atoms with Crippen LogP contribution in [-0.4, -0.2) is 11.9 Å². The lowest BCUT2D eigenvalue weighted by atomic mass is 9.88. The zero-order valence-electron chi connectivity index (χ0n) is 18.9. The Balaban J connectivity index is 1.72. The second kappa shape index (κ2) is 9.28. The molecule has 1 heterocycles. The maximum absolute atomic E-state index is 12.4. The fourth-order valence-corrected chi connectivity index (χ4v) is 4.65. The summed E-state index contributed by atoms with van der Waals surface area (Å²) in [4.78, 5) is 14.3. The lowest BCUT2D eigenvalue weighted by Gasteiger charge is -2.39. The first-order valence-electron chi connectivity index (χ1n) is 11.3. The smallest absolute Gasteiger partial charge is 0.224 e. The van der Waals surface area contributed by atoms with Crippen molar-refractivity contribution in [3.8, 4) is 17.2 Å². The highest BCUT2D eigenvalue weighted by Crippen LogP contribution is 2.41. The second-order valence-electron chi connectivity index (χ2n) is 8.58. The minimum atomic E-state index is 0.0623. The zero-order valence-corrected chi connectivity index (χ0v) is 18.9. The van der Waals surface area contributed by atoms with Crippen LogP contribution in [0.25, 0.3) is 11.1 Å². The normalized spacial score (nSPS) is 17.4. The van der Waals surface area contributed by atoms with Crippen LogP contribution in [-0.2, 0) is 11.2 Å². The van der Waals surface area contributed by atoms with Gasteiger partial charge in [0.2, 0.25) is 5.91 Å². The third-order valence-electron chi connectivity index (χ3n) is 6.20. The lowest BCUT2D eigenvalue weighted by molar-refractivity contribution is -0.117. The van der Waals surface area contributed by atoms with Gasteiger partial charge in [-0.2, -0.15) is 5.26 Å². The number of nitriles is 1. The minimum absolute atomic E-state index is 0.0623. The molecule has 3 aromatic carbocycles. The Labute approximate surface area is 190 Å². The van der Waals surface area contributed by atoms with E-state index in [0.717, 1.165) is 41.8 Å². The van der Waals surface area contributed by atoms with Gasteiger partial charge in [-0.05, 0) is 78.4 Å². The van der Waals surface area contributed by atoms with Gasteiger partial charge in [0.15, 0.2) is 0 Å². The highest BCUT2D eigenvalue weighted by atomic mass is 16.2. The number of carbonyl (C=O) groups excluding carboxylic acids is 1. The van der Waals surface area contributed by atoms with Gasteiger partial charge in [-0.15, -0.1) is 0 Å². The van der Waals surface area contributed by atoms with Gasteiger partial charge in [-0.3, -0.25) is 4.79 Å². The van der Waals surface area contributed by atoms with Crippen molar-refractivity contribution in [3.63, 3.8) is 0 Å². The van der Waals surface area contributed by atoms with Gasteiger partial charge >= 0.3 is 0 Å². The van der Waals surface area contributed by atoms with E-state index in [-0.39, 0.29) is 18.0 Å². The Morgan fingerprint density at radius 1 is 1.06 bits per heavy atom. The molecule has 2 unspecified atom stereocenters. The highest BCUT2D eigenvalue weighted by Gasteiger charge is 2.32. The summed E-state index contributed by atoms with van der Waals surface area (Å²) < 4.78 is 0. The average molecular weight is 424 g/mol. The molecule has 0 fully saturated rings. The molecule has 0 aromatic heterocycles. The quantitative estimate of drug-likeness (QED) is 0.511. The third kappa shape index (κ3) is 4.38. The summed E-state index contributed by atoms with van der Waals surface area (Å²) in [7, 11) is 0. The number of hydrogen-bond donors (Lipinski definition) is 1. The van der Waals surface area contributed by atoms with Gasteiger partial charge in [0.25, 0.3) is 0 Å². The van der Waals surface area contributed by atoms with E-state index in [1.54, 1.807) is 6.92 Å². The van der Waals surface area contributed by atoms with Crippen molar-refractivity contribution in [3.05, 3.63) is 83.4 Å². The van der Waals surface area contributed by atoms with E-state index in [1.165, 1.54) is 11.1 Å². The molecule has 0 saturated heterocycles. The average Bonchev–Trinajstić information content (AvgIpc) is 2.80. The van der Waals surface area contributed by atoms with E-state index >= 15 is 0 Å². The maximum atomic E-state index is 12.4. The number of rotatable bonds is 5. The van der Waals surface area contributed by atoms with E-state index in [1.807, 2.05) is 29.2 Å². The topological polar surface area (TPSA) is 56.1 Å². The number of anilines is 2. The molecule has 0 spiro atoms. The molecule has 32 heavy (non-hydrogen) atoms. The van der Waals surface area contributed by atoms with Crippen LogP contribution in [0.15, 0.2) is 66.7 Å². The lowest BCUT2D eigenvalue weighted by Crippen LogP contribution is -2.43. The number of hydrogen-bond acceptors (Lipinski definition) is 3. The van der Waals surface area contributed by atoms with Crippen molar-refractivity contribution < 1.29 is 4.79 Å². The van der Waals surface area contributed by atoms with E-state index in [4.69, 9.17) is 5.26 Å². The molecule has 1 N–H and O–H groups in total. The van der Waals surface area contributed by atoms with Crippen LogP contribution < -0.4 is 10.2 Å². The molecule has 4 rings (SSSR count). The standard InChI is InChI=1S/C28H29N3O/c1-4-5-21-6-10-23(11-7-21)24-12-15-28-26(17-24)27(16-19(2)31(28)20(3)32)30-25-13-8-22(18-29)9-14-25/h6-15,17,19,27,30H,4-5,16H2,1-3H3. The number of carbonyl (C=O) groups is 1. The van der Waals surface area contributed by atoms with E-state index in [0.29, 0.717) is 5.56 Å². The Bertz CT molecular complexity index is 1140. The SMILES string of the molecule is CCCc1ccc(-c2ccc3c(c2)C(Nc2ccc(C#N)cc2)CC(C)N3C(C)=O)cc1. The van der Waals surface area contributed by atoms with Gasteiger partial charge in [0.1, 0.15) is 0 Å².